The Kier molecular flexibility index (Phi) is 3.86. The van der Waals surface area contributed by atoms with Crippen LogP contribution < -0.4 is 5.56 Å². The lowest BCUT2D eigenvalue weighted by Gasteiger charge is -2.07. The van der Waals surface area contributed by atoms with Gasteiger partial charge in [0.2, 0.25) is 0 Å². The van der Waals surface area contributed by atoms with Crippen molar-refractivity contribution in [2.24, 2.45) is 0 Å². The van der Waals surface area contributed by atoms with Gasteiger partial charge in [0, 0.05) is 23.5 Å². The largest absolute Gasteiger partial charge is 0.349 e. The van der Waals surface area contributed by atoms with E-state index in [4.69, 9.17) is 0 Å². The maximum absolute atomic E-state index is 12.6. The van der Waals surface area contributed by atoms with Gasteiger partial charge in [-0.25, -0.2) is 4.98 Å². The molecule has 0 radical (unpaired) electrons. The predicted octanol–water partition coefficient (Wildman–Crippen LogP) is 2.72. The van der Waals surface area contributed by atoms with E-state index in [9.17, 15) is 9.59 Å². The molecule has 0 saturated heterocycles. The molecule has 3 aromatic rings. The Balaban J connectivity index is 1.98. The summed E-state index contributed by atoms with van der Waals surface area (Å²) in [4.78, 5) is 29.3. The third kappa shape index (κ3) is 2.59. The third-order valence-electron chi connectivity index (χ3n) is 4.24. The highest BCUT2D eigenvalue weighted by molar-refractivity contribution is 5.97. The average Bonchev–Trinajstić information content (AvgIpc) is 2.84. The summed E-state index contributed by atoms with van der Waals surface area (Å²) in [5.74, 6) is -0.0722. The van der Waals surface area contributed by atoms with Gasteiger partial charge in [0.15, 0.2) is 5.78 Å². The van der Waals surface area contributed by atoms with Crippen molar-refractivity contribution in [1.29, 1.82) is 0 Å². The van der Waals surface area contributed by atoms with Crippen LogP contribution in [0.25, 0.3) is 10.9 Å². The summed E-state index contributed by atoms with van der Waals surface area (Å²) >= 11 is 0. The normalized spacial score (nSPS) is 11.1. The number of ketones is 1. The van der Waals surface area contributed by atoms with Gasteiger partial charge in [-0.3, -0.25) is 14.2 Å². The summed E-state index contributed by atoms with van der Waals surface area (Å²) in [6, 6.07) is 9.04. The third-order valence-corrected chi connectivity index (χ3v) is 4.24. The first-order chi connectivity index (χ1) is 11.0. The number of hydrogen-bond acceptors (Lipinski definition) is 3. The Bertz CT molecular complexity index is 951. The van der Waals surface area contributed by atoms with E-state index in [-0.39, 0.29) is 17.9 Å². The molecule has 0 amide bonds. The minimum atomic E-state index is -0.187. The van der Waals surface area contributed by atoms with E-state index in [1.165, 1.54) is 10.9 Å². The minimum absolute atomic E-state index is 0.00464. The fourth-order valence-electron chi connectivity index (χ4n) is 3.03. The standard InChI is InChI=1S/C18H19N3O2/c1-4-21-12(2)9-15(13(21)3)17(22)10-20-11-19-16-8-6-5-7-14(16)18(20)23/h5-9,11H,4,10H2,1-3H3. The lowest BCUT2D eigenvalue weighted by atomic mass is 10.1. The van der Waals surface area contributed by atoms with Crippen LogP contribution in [-0.2, 0) is 13.1 Å². The van der Waals surface area contributed by atoms with Gasteiger partial charge in [-0.1, -0.05) is 12.1 Å². The first-order valence-electron chi connectivity index (χ1n) is 7.67. The van der Waals surface area contributed by atoms with Crippen molar-refractivity contribution in [3.05, 3.63) is 64.0 Å². The highest BCUT2D eigenvalue weighted by atomic mass is 16.1. The van der Waals surface area contributed by atoms with E-state index in [1.807, 2.05) is 32.9 Å². The molecular formula is C18H19N3O2. The van der Waals surface area contributed by atoms with Gasteiger partial charge in [-0.2, -0.15) is 0 Å². The van der Waals surface area contributed by atoms with Crippen LogP contribution >= 0.6 is 0 Å². The molecule has 3 rings (SSSR count). The molecule has 0 fully saturated rings. The van der Waals surface area contributed by atoms with Crippen LogP contribution in [0.1, 0.15) is 28.7 Å². The molecule has 0 unspecified atom stereocenters. The number of rotatable bonds is 4. The summed E-state index contributed by atoms with van der Waals surface area (Å²) in [5, 5.41) is 0.529. The molecule has 0 aliphatic rings. The quantitative estimate of drug-likeness (QED) is 0.696. The Morgan fingerprint density at radius 2 is 1.96 bits per heavy atom. The van der Waals surface area contributed by atoms with Crippen LogP contribution in [0.3, 0.4) is 0 Å². The summed E-state index contributed by atoms with van der Waals surface area (Å²) in [6.45, 7) is 6.79. The SMILES string of the molecule is CCn1c(C)cc(C(=O)Cn2cnc3ccccc3c2=O)c1C. The smallest absolute Gasteiger partial charge is 0.261 e. The molecule has 2 aromatic heterocycles. The van der Waals surface area contributed by atoms with E-state index >= 15 is 0 Å². The summed E-state index contributed by atoms with van der Waals surface area (Å²) < 4.78 is 3.47. The van der Waals surface area contributed by atoms with Gasteiger partial charge in [-0.15, -0.1) is 0 Å². The van der Waals surface area contributed by atoms with Crippen molar-refractivity contribution < 1.29 is 4.79 Å². The van der Waals surface area contributed by atoms with Crippen LogP contribution in [0.15, 0.2) is 41.5 Å². The van der Waals surface area contributed by atoms with Gasteiger partial charge in [0.05, 0.1) is 23.8 Å². The number of Topliss-reactive ketones (excluding diaryl/α,β-unsaturated/α-hetero) is 1. The highest BCUT2D eigenvalue weighted by Gasteiger charge is 2.16. The number of carbonyl (C=O) groups excluding carboxylic acids is 1. The lowest BCUT2D eigenvalue weighted by Crippen LogP contribution is -2.24. The molecular weight excluding hydrogens is 290 g/mol. The zero-order chi connectivity index (χ0) is 16.6. The number of fused-ring (bicyclic) bond motifs is 1. The van der Waals surface area contributed by atoms with Crippen molar-refractivity contribution in [1.82, 2.24) is 14.1 Å². The monoisotopic (exact) mass is 309 g/mol. The topological polar surface area (TPSA) is 56.9 Å². The van der Waals surface area contributed by atoms with E-state index in [0.717, 1.165) is 17.9 Å². The zero-order valence-corrected chi connectivity index (χ0v) is 13.5. The van der Waals surface area contributed by atoms with Gasteiger partial charge < -0.3 is 4.57 Å². The fourth-order valence-corrected chi connectivity index (χ4v) is 3.03. The first kappa shape index (κ1) is 15.2. The van der Waals surface area contributed by atoms with Crippen molar-refractivity contribution in [3.8, 4) is 0 Å². The summed E-state index contributed by atoms with van der Waals surface area (Å²) in [6.07, 6.45) is 1.45. The minimum Gasteiger partial charge on any atom is -0.349 e. The molecule has 0 N–H and O–H groups in total. The molecule has 5 heteroatoms. The second kappa shape index (κ2) is 5.83. The number of carbonyl (C=O) groups is 1. The van der Waals surface area contributed by atoms with Gasteiger partial charge in [-0.05, 0) is 39.0 Å². The Morgan fingerprint density at radius 3 is 2.65 bits per heavy atom. The van der Waals surface area contributed by atoms with E-state index in [0.29, 0.717) is 16.5 Å². The van der Waals surface area contributed by atoms with Gasteiger partial charge in [0.25, 0.3) is 5.56 Å². The van der Waals surface area contributed by atoms with Crippen molar-refractivity contribution in [2.75, 3.05) is 0 Å². The maximum Gasteiger partial charge on any atom is 0.261 e. The van der Waals surface area contributed by atoms with Crippen molar-refractivity contribution in [2.45, 2.75) is 33.9 Å². The molecule has 118 valence electrons. The van der Waals surface area contributed by atoms with Crippen LogP contribution in [-0.4, -0.2) is 19.9 Å². The van der Waals surface area contributed by atoms with Crippen LogP contribution in [0.4, 0.5) is 0 Å². The Morgan fingerprint density at radius 1 is 1.22 bits per heavy atom. The van der Waals surface area contributed by atoms with Crippen LogP contribution in [0, 0.1) is 13.8 Å². The second-order valence-corrected chi connectivity index (χ2v) is 5.65. The molecule has 0 aliphatic heterocycles. The molecule has 5 nitrogen and oxygen atoms in total. The number of benzene rings is 1. The molecule has 2 heterocycles. The molecule has 1 aromatic carbocycles. The Labute approximate surface area is 134 Å². The second-order valence-electron chi connectivity index (χ2n) is 5.65. The molecule has 0 aliphatic carbocycles. The number of para-hydroxylation sites is 1. The van der Waals surface area contributed by atoms with E-state index in [1.54, 1.807) is 18.2 Å². The number of aryl methyl sites for hydroxylation is 1. The molecule has 0 bridgehead atoms. The highest BCUT2D eigenvalue weighted by Crippen LogP contribution is 2.16. The maximum atomic E-state index is 12.6. The van der Waals surface area contributed by atoms with Crippen LogP contribution in [0.5, 0.6) is 0 Å². The predicted molar refractivity (Wildman–Crippen MR) is 89.9 cm³/mol. The summed E-state index contributed by atoms with van der Waals surface area (Å²) in [5.41, 5.74) is 3.12. The molecule has 0 atom stereocenters. The van der Waals surface area contributed by atoms with Crippen molar-refractivity contribution >= 4 is 16.7 Å². The van der Waals surface area contributed by atoms with Gasteiger partial charge >= 0.3 is 0 Å². The van der Waals surface area contributed by atoms with Crippen LogP contribution in [0.2, 0.25) is 0 Å². The van der Waals surface area contributed by atoms with Crippen molar-refractivity contribution in [3.63, 3.8) is 0 Å². The van der Waals surface area contributed by atoms with Gasteiger partial charge in [0.1, 0.15) is 0 Å². The number of aromatic nitrogens is 3. The molecule has 23 heavy (non-hydrogen) atoms. The summed E-state index contributed by atoms with van der Waals surface area (Å²) in [7, 11) is 0. The molecule has 0 spiro atoms. The Hall–Kier alpha value is -2.69. The van der Waals surface area contributed by atoms with E-state index in [2.05, 4.69) is 9.55 Å². The average molecular weight is 309 g/mol. The first-order valence-corrected chi connectivity index (χ1v) is 7.67. The number of hydrogen-bond donors (Lipinski definition) is 0. The zero-order valence-electron chi connectivity index (χ0n) is 13.5. The number of nitrogens with zero attached hydrogens (tertiary/aromatic N) is 3. The fraction of sp³-hybridized carbons (Fsp3) is 0.278. The molecule has 0 saturated carbocycles. The van der Waals surface area contributed by atoms with E-state index < -0.39 is 0 Å². The lowest BCUT2D eigenvalue weighted by molar-refractivity contribution is 0.0970.